The Labute approximate surface area is 157 Å². The second-order valence-corrected chi connectivity index (χ2v) is 6.14. The van der Waals surface area contributed by atoms with E-state index < -0.39 is 6.10 Å². The number of nitrogens with one attached hydrogen (secondary N) is 1. The average Bonchev–Trinajstić information content (AvgIpc) is 2.59. The van der Waals surface area contributed by atoms with Gasteiger partial charge in [0.25, 0.3) is 5.91 Å². The maximum absolute atomic E-state index is 12.8. The van der Waals surface area contributed by atoms with Crippen LogP contribution in [0, 0.1) is 0 Å². The molecule has 4 nitrogen and oxygen atoms in total. The Balaban J connectivity index is 0.00000288. The van der Waals surface area contributed by atoms with Gasteiger partial charge in [-0.1, -0.05) is 46.3 Å². The van der Waals surface area contributed by atoms with Gasteiger partial charge in [0.05, 0.1) is 0 Å². The number of carbonyl (C=O) groups is 1. The molecule has 0 heterocycles. The number of nitrogens with zero attached hydrogens (tertiary/aromatic N) is 1. The standard InChI is InChI=1S/C18H21BrN2O2.ClH/c1-20-12-13-21(2)18(22)17(14-6-4-3-5-7-14)23-16-10-8-15(19)9-11-16;/h3-11,17,20H,12-13H2,1-2H3;1H. The zero-order valence-corrected chi connectivity index (χ0v) is 16.1. The van der Waals surface area contributed by atoms with Crippen LogP contribution < -0.4 is 10.1 Å². The second-order valence-electron chi connectivity index (χ2n) is 5.23. The minimum Gasteiger partial charge on any atom is -0.476 e. The first-order valence-corrected chi connectivity index (χ1v) is 8.28. The molecule has 0 radical (unpaired) electrons. The number of rotatable bonds is 7. The smallest absolute Gasteiger partial charge is 0.268 e. The summed E-state index contributed by atoms with van der Waals surface area (Å²) in [6.07, 6.45) is -0.653. The van der Waals surface area contributed by atoms with Gasteiger partial charge in [-0.2, -0.15) is 0 Å². The fourth-order valence-corrected chi connectivity index (χ4v) is 2.39. The molecule has 0 saturated heterocycles. The van der Waals surface area contributed by atoms with E-state index in [2.05, 4.69) is 21.2 Å². The van der Waals surface area contributed by atoms with E-state index in [4.69, 9.17) is 4.74 Å². The number of hydrogen-bond donors (Lipinski definition) is 1. The maximum Gasteiger partial charge on any atom is 0.268 e. The van der Waals surface area contributed by atoms with Crippen molar-refractivity contribution in [1.82, 2.24) is 10.2 Å². The summed E-state index contributed by atoms with van der Waals surface area (Å²) >= 11 is 3.40. The Bertz CT molecular complexity index is 623. The normalized spacial score (nSPS) is 11.3. The summed E-state index contributed by atoms with van der Waals surface area (Å²) in [7, 11) is 3.66. The van der Waals surface area contributed by atoms with Gasteiger partial charge in [0, 0.05) is 30.2 Å². The largest absolute Gasteiger partial charge is 0.476 e. The zero-order valence-electron chi connectivity index (χ0n) is 13.7. The summed E-state index contributed by atoms with van der Waals surface area (Å²) in [6, 6.07) is 17.1. The quantitative estimate of drug-likeness (QED) is 0.753. The summed E-state index contributed by atoms with van der Waals surface area (Å²) in [5.41, 5.74) is 0.844. The van der Waals surface area contributed by atoms with Crippen LogP contribution in [0.2, 0.25) is 0 Å². The molecule has 0 saturated carbocycles. The van der Waals surface area contributed by atoms with E-state index in [-0.39, 0.29) is 18.3 Å². The lowest BCUT2D eigenvalue weighted by atomic mass is 10.1. The molecule has 0 aliphatic rings. The molecule has 1 atom stereocenters. The van der Waals surface area contributed by atoms with Gasteiger partial charge >= 0.3 is 0 Å². The highest BCUT2D eigenvalue weighted by Crippen LogP contribution is 2.25. The molecule has 1 N–H and O–H groups in total. The Morgan fingerprint density at radius 1 is 1.17 bits per heavy atom. The van der Waals surface area contributed by atoms with Crippen LogP contribution in [-0.2, 0) is 4.79 Å². The van der Waals surface area contributed by atoms with Gasteiger partial charge in [-0.05, 0) is 31.3 Å². The molecule has 0 aliphatic heterocycles. The first kappa shape index (κ1) is 20.5. The van der Waals surface area contributed by atoms with Crippen LogP contribution in [0.4, 0.5) is 0 Å². The van der Waals surface area contributed by atoms with Crippen molar-refractivity contribution < 1.29 is 9.53 Å². The fraction of sp³-hybridized carbons (Fsp3) is 0.278. The Morgan fingerprint density at radius 3 is 2.38 bits per heavy atom. The van der Waals surface area contributed by atoms with E-state index in [0.717, 1.165) is 16.6 Å². The number of likely N-dealkylation sites (N-methyl/N-ethyl adjacent to an activating group) is 2. The van der Waals surface area contributed by atoms with Crippen LogP contribution in [0.3, 0.4) is 0 Å². The molecule has 24 heavy (non-hydrogen) atoms. The minimum absolute atomic E-state index is 0. The molecule has 2 aromatic rings. The number of benzene rings is 2. The van der Waals surface area contributed by atoms with E-state index in [1.54, 1.807) is 11.9 Å². The molecule has 2 aromatic carbocycles. The Morgan fingerprint density at radius 2 is 1.79 bits per heavy atom. The van der Waals surface area contributed by atoms with E-state index >= 15 is 0 Å². The van der Waals surface area contributed by atoms with Crippen LogP contribution in [0.15, 0.2) is 59.1 Å². The lowest BCUT2D eigenvalue weighted by molar-refractivity contribution is -0.137. The predicted octanol–water partition coefficient (Wildman–Crippen LogP) is 3.67. The molecule has 0 fully saturated rings. The summed E-state index contributed by atoms with van der Waals surface area (Å²) in [4.78, 5) is 14.5. The number of ether oxygens (including phenoxy) is 1. The molecule has 130 valence electrons. The van der Waals surface area contributed by atoms with Crippen LogP contribution >= 0.6 is 28.3 Å². The summed E-state index contributed by atoms with van der Waals surface area (Å²) in [5.74, 6) is 0.604. The average molecular weight is 414 g/mol. The second kappa shape index (κ2) is 10.3. The van der Waals surface area contributed by atoms with Gasteiger partial charge in [-0.15, -0.1) is 12.4 Å². The lowest BCUT2D eigenvalue weighted by Crippen LogP contribution is -2.38. The van der Waals surface area contributed by atoms with E-state index in [0.29, 0.717) is 12.3 Å². The predicted molar refractivity (Wildman–Crippen MR) is 103 cm³/mol. The first-order valence-electron chi connectivity index (χ1n) is 7.48. The molecular weight excluding hydrogens is 392 g/mol. The van der Waals surface area contributed by atoms with Crippen molar-refractivity contribution in [2.45, 2.75) is 6.10 Å². The Kier molecular flexibility index (Phi) is 8.82. The highest BCUT2D eigenvalue weighted by Gasteiger charge is 2.25. The van der Waals surface area contributed by atoms with Crippen molar-refractivity contribution in [2.75, 3.05) is 27.2 Å². The van der Waals surface area contributed by atoms with E-state index in [1.807, 2.05) is 61.6 Å². The van der Waals surface area contributed by atoms with Gasteiger partial charge < -0.3 is 15.0 Å². The van der Waals surface area contributed by atoms with Gasteiger partial charge in [0.15, 0.2) is 0 Å². The third-order valence-electron chi connectivity index (χ3n) is 3.47. The highest BCUT2D eigenvalue weighted by molar-refractivity contribution is 9.10. The third kappa shape index (κ3) is 5.82. The monoisotopic (exact) mass is 412 g/mol. The van der Waals surface area contributed by atoms with Crippen molar-refractivity contribution in [2.24, 2.45) is 0 Å². The van der Waals surface area contributed by atoms with E-state index in [1.165, 1.54) is 0 Å². The molecule has 1 amide bonds. The van der Waals surface area contributed by atoms with Crippen molar-refractivity contribution in [3.05, 3.63) is 64.6 Å². The first-order chi connectivity index (χ1) is 11.1. The summed E-state index contributed by atoms with van der Waals surface area (Å²) < 4.78 is 6.96. The maximum atomic E-state index is 12.8. The van der Waals surface area contributed by atoms with Gasteiger partial charge in [0.1, 0.15) is 5.75 Å². The third-order valence-corrected chi connectivity index (χ3v) is 4.00. The number of amides is 1. The van der Waals surface area contributed by atoms with Gasteiger partial charge in [-0.3, -0.25) is 4.79 Å². The molecular formula is C18H22BrClN2O2. The minimum atomic E-state index is -0.653. The van der Waals surface area contributed by atoms with Gasteiger partial charge in [-0.25, -0.2) is 0 Å². The van der Waals surface area contributed by atoms with Crippen molar-refractivity contribution in [1.29, 1.82) is 0 Å². The molecule has 0 aromatic heterocycles. The molecule has 1 unspecified atom stereocenters. The van der Waals surface area contributed by atoms with Crippen molar-refractivity contribution in [3.63, 3.8) is 0 Å². The van der Waals surface area contributed by atoms with Crippen LogP contribution in [-0.4, -0.2) is 38.0 Å². The summed E-state index contributed by atoms with van der Waals surface area (Å²) in [6.45, 7) is 1.37. The van der Waals surface area contributed by atoms with E-state index in [9.17, 15) is 4.79 Å². The lowest BCUT2D eigenvalue weighted by Gasteiger charge is -2.25. The van der Waals surface area contributed by atoms with Crippen molar-refractivity contribution in [3.8, 4) is 5.75 Å². The van der Waals surface area contributed by atoms with Crippen LogP contribution in [0.5, 0.6) is 5.75 Å². The molecule has 2 rings (SSSR count). The Hall–Kier alpha value is -1.56. The number of halogens is 2. The molecule has 0 aliphatic carbocycles. The SMILES string of the molecule is CNCCN(C)C(=O)C(Oc1ccc(Br)cc1)c1ccccc1.Cl. The molecule has 6 heteroatoms. The highest BCUT2D eigenvalue weighted by atomic mass is 79.9. The number of carbonyl (C=O) groups excluding carboxylic acids is 1. The van der Waals surface area contributed by atoms with Crippen LogP contribution in [0.25, 0.3) is 0 Å². The van der Waals surface area contributed by atoms with Crippen molar-refractivity contribution >= 4 is 34.2 Å². The molecule has 0 bridgehead atoms. The topological polar surface area (TPSA) is 41.6 Å². The van der Waals surface area contributed by atoms with Crippen LogP contribution in [0.1, 0.15) is 11.7 Å². The number of hydrogen-bond acceptors (Lipinski definition) is 3. The fourth-order valence-electron chi connectivity index (χ4n) is 2.13. The molecule has 0 spiro atoms. The summed E-state index contributed by atoms with van der Waals surface area (Å²) in [5, 5.41) is 3.05. The van der Waals surface area contributed by atoms with Gasteiger partial charge in [0.2, 0.25) is 6.10 Å². The zero-order chi connectivity index (χ0) is 16.7.